The van der Waals surface area contributed by atoms with Gasteiger partial charge in [-0.05, 0) is 37.5 Å². The zero-order chi connectivity index (χ0) is 17.6. The van der Waals surface area contributed by atoms with Crippen molar-refractivity contribution in [3.63, 3.8) is 0 Å². The molecule has 2 unspecified atom stereocenters. The predicted molar refractivity (Wildman–Crippen MR) is 83.4 cm³/mol. The first kappa shape index (κ1) is 16.1. The maximum absolute atomic E-state index is 14.1. The Bertz CT molecular complexity index is 806. The van der Waals surface area contributed by atoms with E-state index in [1.807, 2.05) is 0 Å². The van der Waals surface area contributed by atoms with Gasteiger partial charge in [0.2, 0.25) is 5.91 Å². The van der Waals surface area contributed by atoms with E-state index in [0.717, 1.165) is 36.7 Å². The molecule has 0 bridgehead atoms. The Kier molecular flexibility index (Phi) is 3.99. The van der Waals surface area contributed by atoms with E-state index in [2.05, 4.69) is 10.3 Å². The first-order chi connectivity index (χ1) is 12.0. The van der Waals surface area contributed by atoms with Gasteiger partial charge in [0.15, 0.2) is 0 Å². The van der Waals surface area contributed by atoms with E-state index in [1.54, 1.807) is 6.20 Å². The van der Waals surface area contributed by atoms with Crippen molar-refractivity contribution in [2.75, 3.05) is 6.54 Å². The summed E-state index contributed by atoms with van der Waals surface area (Å²) in [7, 11) is 0. The fraction of sp³-hybridized carbons (Fsp3) is 0.471. The molecule has 1 aromatic carbocycles. The lowest BCUT2D eigenvalue weighted by Gasteiger charge is -2.25. The molecule has 2 aromatic rings. The second-order valence-corrected chi connectivity index (χ2v) is 6.73. The quantitative estimate of drug-likeness (QED) is 0.914. The summed E-state index contributed by atoms with van der Waals surface area (Å²) in [5.74, 6) is -1.03. The zero-order valence-corrected chi connectivity index (χ0v) is 13.5. The number of hydrogen-bond donors (Lipinski definition) is 1. The van der Waals surface area contributed by atoms with Crippen LogP contribution in [0.2, 0.25) is 0 Å². The molecule has 4 rings (SSSR count). The van der Waals surface area contributed by atoms with Crippen LogP contribution >= 0.6 is 0 Å². The molecule has 132 valence electrons. The highest BCUT2D eigenvalue weighted by Gasteiger charge is 2.37. The second-order valence-electron chi connectivity index (χ2n) is 6.73. The fourth-order valence-corrected chi connectivity index (χ4v) is 3.34. The number of benzene rings is 1. The van der Waals surface area contributed by atoms with E-state index in [1.165, 1.54) is 9.58 Å². The third-order valence-corrected chi connectivity index (χ3v) is 4.77. The molecule has 1 saturated carbocycles. The van der Waals surface area contributed by atoms with Crippen molar-refractivity contribution >= 4 is 5.91 Å². The van der Waals surface area contributed by atoms with Gasteiger partial charge in [0.1, 0.15) is 18.2 Å². The number of aliphatic hydroxyl groups is 1. The minimum atomic E-state index is -0.769. The molecule has 1 saturated heterocycles. The van der Waals surface area contributed by atoms with E-state index in [9.17, 15) is 18.7 Å². The molecule has 1 aliphatic carbocycles. The molecule has 8 heteroatoms. The summed E-state index contributed by atoms with van der Waals surface area (Å²) in [6.45, 7) is 0.0451. The van der Waals surface area contributed by atoms with Gasteiger partial charge in [-0.2, -0.15) is 0 Å². The molecular weight excluding hydrogens is 330 g/mol. The van der Waals surface area contributed by atoms with Crippen molar-refractivity contribution in [2.45, 2.75) is 43.9 Å². The molecule has 1 aromatic heterocycles. The smallest absolute Gasteiger partial charge is 0.244 e. The van der Waals surface area contributed by atoms with Crippen LogP contribution in [0.5, 0.6) is 0 Å². The van der Waals surface area contributed by atoms with Gasteiger partial charge < -0.3 is 10.0 Å². The number of hydrogen-bond acceptors (Lipinski definition) is 4. The number of rotatable bonds is 4. The third kappa shape index (κ3) is 3.26. The van der Waals surface area contributed by atoms with Gasteiger partial charge in [-0.15, -0.1) is 5.10 Å². The molecule has 2 aliphatic rings. The van der Waals surface area contributed by atoms with Crippen molar-refractivity contribution in [1.29, 1.82) is 0 Å². The van der Waals surface area contributed by atoms with Gasteiger partial charge in [0, 0.05) is 24.2 Å². The third-order valence-electron chi connectivity index (χ3n) is 4.77. The standard InChI is InChI=1S/C17H18F2N4O2/c18-11-3-4-14(19)13(5-11)16-6-12(24)7-23(16)17(25)9-22-8-15(20-21-22)10-1-2-10/h3-5,8,10,12,16,24H,1-2,6-7,9H2. The number of carbonyl (C=O) groups is 1. The van der Waals surface area contributed by atoms with Crippen molar-refractivity contribution in [3.8, 4) is 0 Å². The number of likely N-dealkylation sites (tertiary alicyclic amines) is 1. The van der Waals surface area contributed by atoms with Gasteiger partial charge in [-0.3, -0.25) is 4.79 Å². The maximum atomic E-state index is 14.1. The van der Waals surface area contributed by atoms with Crippen LogP contribution in [0, 0.1) is 11.6 Å². The Labute approximate surface area is 143 Å². The van der Waals surface area contributed by atoms with E-state index >= 15 is 0 Å². The van der Waals surface area contributed by atoms with Crippen LogP contribution in [0.15, 0.2) is 24.4 Å². The van der Waals surface area contributed by atoms with Gasteiger partial charge in [-0.1, -0.05) is 5.21 Å². The topological polar surface area (TPSA) is 71.2 Å². The number of β-amino-alcohol motifs (C(OH)–C–C–N with tert-alkyl or cyclic N) is 1. The first-order valence-electron chi connectivity index (χ1n) is 8.34. The van der Waals surface area contributed by atoms with E-state index < -0.39 is 23.8 Å². The second kappa shape index (κ2) is 6.18. The molecule has 0 spiro atoms. The molecule has 2 heterocycles. The molecule has 6 nitrogen and oxygen atoms in total. The molecule has 25 heavy (non-hydrogen) atoms. The van der Waals surface area contributed by atoms with Crippen molar-refractivity contribution in [1.82, 2.24) is 19.9 Å². The fourth-order valence-electron chi connectivity index (χ4n) is 3.34. The van der Waals surface area contributed by atoms with Crippen molar-refractivity contribution in [3.05, 3.63) is 47.3 Å². The number of aromatic nitrogens is 3. The predicted octanol–water partition coefficient (Wildman–Crippen LogP) is 1.77. The SMILES string of the molecule is O=C(Cn1cc(C2CC2)nn1)N1CC(O)CC1c1cc(F)ccc1F. The van der Waals surface area contributed by atoms with Crippen molar-refractivity contribution in [2.24, 2.45) is 0 Å². The maximum Gasteiger partial charge on any atom is 0.244 e. The molecule has 1 N–H and O–H groups in total. The number of nitrogens with zero attached hydrogens (tertiary/aromatic N) is 4. The average Bonchev–Trinajstić information content (AvgIpc) is 3.20. The Balaban J connectivity index is 1.53. The minimum Gasteiger partial charge on any atom is -0.391 e. The van der Waals surface area contributed by atoms with Crippen LogP contribution in [0.25, 0.3) is 0 Å². The van der Waals surface area contributed by atoms with Crippen LogP contribution in [-0.2, 0) is 11.3 Å². The summed E-state index contributed by atoms with van der Waals surface area (Å²) in [5.41, 5.74) is 0.962. The van der Waals surface area contributed by atoms with Crippen LogP contribution in [0.4, 0.5) is 8.78 Å². The summed E-state index contributed by atoms with van der Waals surface area (Å²) in [6, 6.07) is 2.46. The van der Waals surface area contributed by atoms with Gasteiger partial charge in [0.25, 0.3) is 0 Å². The highest BCUT2D eigenvalue weighted by atomic mass is 19.1. The lowest BCUT2D eigenvalue weighted by atomic mass is 10.0. The highest BCUT2D eigenvalue weighted by molar-refractivity contribution is 5.77. The average molecular weight is 348 g/mol. The summed E-state index contributed by atoms with van der Waals surface area (Å²) in [4.78, 5) is 14.0. The molecular formula is C17H18F2N4O2. The van der Waals surface area contributed by atoms with Crippen LogP contribution < -0.4 is 0 Å². The Morgan fingerprint density at radius 2 is 2.12 bits per heavy atom. The summed E-state index contributed by atoms with van der Waals surface area (Å²) >= 11 is 0. The normalized spacial score (nSPS) is 23.2. The van der Waals surface area contributed by atoms with E-state index in [4.69, 9.17) is 0 Å². The summed E-state index contributed by atoms with van der Waals surface area (Å²) in [6.07, 6.45) is 3.34. The van der Waals surface area contributed by atoms with Crippen molar-refractivity contribution < 1.29 is 18.7 Å². The van der Waals surface area contributed by atoms with Crippen LogP contribution in [-0.4, -0.2) is 43.6 Å². The molecule has 0 radical (unpaired) electrons. The number of halogens is 2. The molecule has 1 amide bonds. The van der Waals surface area contributed by atoms with Crippen LogP contribution in [0.3, 0.4) is 0 Å². The Morgan fingerprint density at radius 3 is 2.88 bits per heavy atom. The zero-order valence-electron chi connectivity index (χ0n) is 13.5. The van der Waals surface area contributed by atoms with Crippen LogP contribution in [0.1, 0.15) is 42.5 Å². The number of carbonyl (C=O) groups excluding carboxylic acids is 1. The molecule has 2 atom stereocenters. The van der Waals surface area contributed by atoms with Gasteiger partial charge in [0.05, 0.1) is 17.8 Å². The lowest BCUT2D eigenvalue weighted by molar-refractivity contribution is -0.133. The monoisotopic (exact) mass is 348 g/mol. The van der Waals surface area contributed by atoms with Gasteiger partial charge >= 0.3 is 0 Å². The molecule has 2 fully saturated rings. The highest BCUT2D eigenvalue weighted by Crippen LogP contribution is 2.38. The Morgan fingerprint density at radius 1 is 1.32 bits per heavy atom. The largest absolute Gasteiger partial charge is 0.391 e. The molecule has 1 aliphatic heterocycles. The lowest BCUT2D eigenvalue weighted by Crippen LogP contribution is -2.35. The summed E-state index contributed by atoms with van der Waals surface area (Å²) in [5, 5.41) is 18.0. The van der Waals surface area contributed by atoms with Gasteiger partial charge in [-0.25, -0.2) is 13.5 Å². The number of amides is 1. The Hall–Kier alpha value is -2.35. The van der Waals surface area contributed by atoms with E-state index in [-0.39, 0.29) is 31.0 Å². The first-order valence-corrected chi connectivity index (χ1v) is 8.34. The van der Waals surface area contributed by atoms with E-state index in [0.29, 0.717) is 5.92 Å². The minimum absolute atomic E-state index is 0.0418. The number of aliphatic hydroxyl groups excluding tert-OH is 1. The summed E-state index contributed by atoms with van der Waals surface area (Å²) < 4.78 is 29.1.